The first-order chi connectivity index (χ1) is 11.5. The van der Waals surface area contributed by atoms with Gasteiger partial charge in [-0.3, -0.25) is 0 Å². The molecule has 0 aromatic heterocycles. The van der Waals surface area contributed by atoms with E-state index < -0.39 is 13.7 Å². The highest BCUT2D eigenvalue weighted by Crippen LogP contribution is 2.26. The molecule has 0 heterocycles. The SMILES string of the molecule is C[Si](C)(/C=C/C1(O)CCCCCCCCCCC1)c1ccccc1. The van der Waals surface area contributed by atoms with Gasteiger partial charge >= 0.3 is 0 Å². The highest BCUT2D eigenvalue weighted by atomic mass is 28.3. The summed E-state index contributed by atoms with van der Waals surface area (Å²) in [6, 6.07) is 10.8. The molecule has 0 bridgehead atoms. The summed E-state index contributed by atoms with van der Waals surface area (Å²) in [6.07, 6.45) is 15.7. The normalized spacial score (nSPS) is 21.1. The van der Waals surface area contributed by atoms with Gasteiger partial charge in [-0.2, -0.15) is 0 Å². The summed E-state index contributed by atoms with van der Waals surface area (Å²) in [5.41, 5.74) is 1.78. The van der Waals surface area contributed by atoms with E-state index in [4.69, 9.17) is 0 Å². The van der Waals surface area contributed by atoms with Gasteiger partial charge in [0, 0.05) is 0 Å². The van der Waals surface area contributed by atoms with Gasteiger partial charge in [0.05, 0.1) is 5.60 Å². The molecule has 134 valence electrons. The quantitative estimate of drug-likeness (QED) is 0.694. The Labute approximate surface area is 150 Å². The highest BCUT2D eigenvalue weighted by molar-refractivity contribution is 6.93. The Balaban J connectivity index is 2.04. The first kappa shape index (κ1) is 19.5. The molecule has 0 spiro atoms. The zero-order valence-electron chi connectivity index (χ0n) is 15.8. The van der Waals surface area contributed by atoms with Gasteiger partial charge in [-0.25, -0.2) is 0 Å². The Morgan fingerprint density at radius 3 is 1.75 bits per heavy atom. The van der Waals surface area contributed by atoms with E-state index in [-0.39, 0.29) is 0 Å². The molecule has 1 nitrogen and oxygen atoms in total. The average molecular weight is 345 g/mol. The molecule has 2 heteroatoms. The monoisotopic (exact) mass is 344 g/mol. The van der Waals surface area contributed by atoms with Crippen LogP contribution in [-0.2, 0) is 0 Å². The van der Waals surface area contributed by atoms with E-state index in [1.807, 2.05) is 0 Å². The minimum absolute atomic E-state index is 0.585. The Bertz CT molecular complexity index is 480. The average Bonchev–Trinajstić information content (AvgIpc) is 2.58. The first-order valence-corrected chi connectivity index (χ1v) is 13.1. The maximum absolute atomic E-state index is 11.2. The standard InChI is InChI=1S/C22H36OSi/c1-24(2,21-15-11-10-12-16-21)20-19-22(23)17-13-8-6-4-3-5-7-9-14-18-22/h10-12,15-16,19-20,23H,3-9,13-14,17-18H2,1-2H3/b20-19+. The van der Waals surface area contributed by atoms with Crippen LogP contribution in [0.4, 0.5) is 0 Å². The fourth-order valence-corrected chi connectivity index (χ4v) is 5.69. The molecule has 0 radical (unpaired) electrons. The minimum atomic E-state index is -1.62. The molecule has 1 N–H and O–H groups in total. The van der Waals surface area contributed by atoms with Gasteiger partial charge in [0.15, 0.2) is 0 Å². The second kappa shape index (κ2) is 9.58. The van der Waals surface area contributed by atoms with Crippen LogP contribution in [0.2, 0.25) is 13.1 Å². The number of hydrogen-bond donors (Lipinski definition) is 1. The lowest BCUT2D eigenvalue weighted by molar-refractivity contribution is 0.0660. The number of hydrogen-bond acceptors (Lipinski definition) is 1. The van der Waals surface area contributed by atoms with Crippen LogP contribution in [-0.4, -0.2) is 18.8 Å². The van der Waals surface area contributed by atoms with Crippen LogP contribution in [0.3, 0.4) is 0 Å². The van der Waals surface area contributed by atoms with Gasteiger partial charge in [-0.05, 0) is 12.8 Å². The van der Waals surface area contributed by atoms with Crippen molar-refractivity contribution in [1.29, 1.82) is 0 Å². The molecule has 2 rings (SSSR count). The van der Waals surface area contributed by atoms with E-state index in [2.05, 4.69) is 55.2 Å². The van der Waals surface area contributed by atoms with E-state index in [1.54, 1.807) is 0 Å². The fraction of sp³-hybridized carbons (Fsp3) is 0.636. The van der Waals surface area contributed by atoms with Gasteiger partial charge in [0.25, 0.3) is 0 Å². The summed E-state index contributed by atoms with van der Waals surface area (Å²) in [4.78, 5) is 0. The van der Waals surface area contributed by atoms with Crippen LogP contribution in [0.25, 0.3) is 0 Å². The van der Waals surface area contributed by atoms with Gasteiger partial charge < -0.3 is 5.11 Å². The zero-order valence-corrected chi connectivity index (χ0v) is 16.8. The Morgan fingerprint density at radius 2 is 1.25 bits per heavy atom. The molecule has 1 saturated carbocycles. The summed E-state index contributed by atoms with van der Waals surface area (Å²) < 4.78 is 0. The van der Waals surface area contributed by atoms with E-state index in [0.717, 1.165) is 25.7 Å². The fourth-order valence-electron chi connectivity index (χ4n) is 3.72. The Hall–Kier alpha value is -0.863. The van der Waals surface area contributed by atoms with Gasteiger partial charge in [0.2, 0.25) is 0 Å². The van der Waals surface area contributed by atoms with Crippen molar-refractivity contribution < 1.29 is 5.11 Å². The molecular formula is C22H36OSi. The molecule has 24 heavy (non-hydrogen) atoms. The smallest absolute Gasteiger partial charge is 0.103 e. The molecule has 0 saturated heterocycles. The van der Waals surface area contributed by atoms with Crippen molar-refractivity contribution >= 4 is 13.3 Å². The lowest BCUT2D eigenvalue weighted by atomic mass is 9.89. The Morgan fingerprint density at radius 1 is 0.792 bits per heavy atom. The molecule has 0 atom stereocenters. The van der Waals surface area contributed by atoms with Crippen LogP contribution < -0.4 is 5.19 Å². The maximum atomic E-state index is 11.2. The van der Waals surface area contributed by atoms with Gasteiger partial charge in [-0.15, -0.1) is 0 Å². The third kappa shape index (κ3) is 6.56. The van der Waals surface area contributed by atoms with Crippen molar-refractivity contribution in [3.05, 3.63) is 42.1 Å². The third-order valence-electron chi connectivity index (χ3n) is 5.55. The Kier molecular flexibility index (Phi) is 7.77. The largest absolute Gasteiger partial charge is 0.386 e. The molecule has 1 fully saturated rings. The number of benzene rings is 1. The summed E-state index contributed by atoms with van der Waals surface area (Å²) in [6.45, 7) is 4.75. The molecule has 1 aliphatic rings. The molecule has 0 unspecified atom stereocenters. The zero-order chi connectivity index (χ0) is 17.3. The van der Waals surface area contributed by atoms with Crippen molar-refractivity contribution in [2.24, 2.45) is 0 Å². The predicted octanol–water partition coefficient (Wildman–Crippen LogP) is 5.73. The first-order valence-electron chi connectivity index (χ1n) is 10.0. The van der Waals surface area contributed by atoms with Crippen LogP contribution in [0.1, 0.15) is 70.6 Å². The van der Waals surface area contributed by atoms with Crippen LogP contribution >= 0.6 is 0 Å². The van der Waals surface area contributed by atoms with Crippen molar-refractivity contribution in [2.75, 3.05) is 0 Å². The number of rotatable bonds is 3. The van der Waals surface area contributed by atoms with Crippen LogP contribution in [0, 0.1) is 0 Å². The van der Waals surface area contributed by atoms with E-state index in [0.29, 0.717) is 0 Å². The van der Waals surface area contributed by atoms with Crippen LogP contribution in [0.15, 0.2) is 42.1 Å². The van der Waals surface area contributed by atoms with Crippen molar-refractivity contribution in [3.63, 3.8) is 0 Å². The molecule has 1 aromatic rings. The van der Waals surface area contributed by atoms with E-state index >= 15 is 0 Å². The lowest BCUT2D eigenvalue weighted by Crippen LogP contribution is -2.40. The molecular weight excluding hydrogens is 308 g/mol. The van der Waals surface area contributed by atoms with E-state index in [9.17, 15) is 5.11 Å². The second-order valence-corrected chi connectivity index (χ2v) is 12.6. The van der Waals surface area contributed by atoms with Crippen molar-refractivity contribution in [3.8, 4) is 0 Å². The summed E-state index contributed by atoms with van der Waals surface area (Å²) >= 11 is 0. The molecule has 1 aliphatic carbocycles. The van der Waals surface area contributed by atoms with Crippen molar-refractivity contribution in [1.82, 2.24) is 0 Å². The molecule has 1 aromatic carbocycles. The maximum Gasteiger partial charge on any atom is 0.103 e. The van der Waals surface area contributed by atoms with Gasteiger partial charge in [0.1, 0.15) is 8.07 Å². The molecule has 0 amide bonds. The topological polar surface area (TPSA) is 20.2 Å². The number of aliphatic hydroxyl groups is 1. The summed E-state index contributed by atoms with van der Waals surface area (Å²) in [5, 5.41) is 12.6. The molecule has 0 aliphatic heterocycles. The summed E-state index contributed by atoms with van der Waals surface area (Å²) in [5.74, 6) is 0. The predicted molar refractivity (Wildman–Crippen MR) is 108 cm³/mol. The van der Waals surface area contributed by atoms with Crippen LogP contribution in [0.5, 0.6) is 0 Å². The highest BCUT2D eigenvalue weighted by Gasteiger charge is 2.26. The lowest BCUT2D eigenvalue weighted by Gasteiger charge is -2.27. The second-order valence-electron chi connectivity index (χ2n) is 8.21. The third-order valence-corrected chi connectivity index (χ3v) is 8.37. The van der Waals surface area contributed by atoms with E-state index in [1.165, 1.54) is 50.1 Å². The minimum Gasteiger partial charge on any atom is -0.386 e. The van der Waals surface area contributed by atoms with Crippen molar-refractivity contribution in [2.45, 2.75) is 89.3 Å². The van der Waals surface area contributed by atoms with Gasteiger partial charge in [-0.1, -0.05) is 118 Å². The summed E-state index contributed by atoms with van der Waals surface area (Å²) in [7, 11) is -1.62.